The predicted octanol–water partition coefficient (Wildman–Crippen LogP) is 6.91. The van der Waals surface area contributed by atoms with Gasteiger partial charge in [0.05, 0.1) is 11.7 Å². The number of rotatable bonds is 3. The highest BCUT2D eigenvalue weighted by molar-refractivity contribution is 9.11. The molecule has 3 rings (SSSR count). The van der Waals surface area contributed by atoms with Gasteiger partial charge < -0.3 is 5.32 Å². The zero-order valence-electron chi connectivity index (χ0n) is 11.8. The lowest BCUT2D eigenvalue weighted by Crippen LogP contribution is -2.07. The molecule has 0 radical (unpaired) electrons. The summed E-state index contributed by atoms with van der Waals surface area (Å²) in [5.74, 6) is 0. The zero-order valence-corrected chi connectivity index (χ0v) is 15.8. The molecule has 0 aliphatic rings. The van der Waals surface area contributed by atoms with E-state index in [-0.39, 0.29) is 6.04 Å². The van der Waals surface area contributed by atoms with Gasteiger partial charge in [0.1, 0.15) is 0 Å². The van der Waals surface area contributed by atoms with Crippen LogP contribution in [0.4, 0.5) is 5.69 Å². The van der Waals surface area contributed by atoms with Crippen molar-refractivity contribution in [1.82, 2.24) is 0 Å². The molecule has 2 aromatic carbocycles. The van der Waals surface area contributed by atoms with Crippen molar-refractivity contribution in [3.63, 3.8) is 0 Å². The molecule has 1 N–H and O–H groups in total. The van der Waals surface area contributed by atoms with Crippen molar-refractivity contribution in [3.8, 4) is 0 Å². The van der Waals surface area contributed by atoms with E-state index in [1.807, 2.05) is 17.4 Å². The summed E-state index contributed by atoms with van der Waals surface area (Å²) >= 11 is 9.09. The summed E-state index contributed by atoms with van der Waals surface area (Å²) in [5, 5.41) is 4.97. The first-order valence-corrected chi connectivity index (χ1v) is 9.16. The smallest absolute Gasteiger partial charge is 0.0633 e. The molecule has 1 atom stereocenters. The highest BCUT2D eigenvalue weighted by atomic mass is 79.9. The minimum atomic E-state index is 0.261. The zero-order chi connectivity index (χ0) is 15.0. The standard InChI is InChI=1S/C17H15Br2NS/c1-10-12-6-3-4-9-15(12)21-17(10)11(2)20-16-13(18)7-5-8-14(16)19/h3-9,11,20H,1-2H3. The fourth-order valence-corrected chi connectivity index (χ4v) is 4.96. The fourth-order valence-electron chi connectivity index (χ4n) is 2.52. The summed E-state index contributed by atoms with van der Waals surface area (Å²) in [6.07, 6.45) is 0. The Morgan fingerprint density at radius 3 is 2.33 bits per heavy atom. The van der Waals surface area contributed by atoms with Crippen molar-refractivity contribution >= 4 is 59.0 Å². The first-order valence-electron chi connectivity index (χ1n) is 6.76. The van der Waals surface area contributed by atoms with Gasteiger partial charge in [-0.2, -0.15) is 0 Å². The number of hydrogen-bond acceptors (Lipinski definition) is 2. The van der Waals surface area contributed by atoms with E-state index in [9.17, 15) is 0 Å². The lowest BCUT2D eigenvalue weighted by Gasteiger charge is -2.17. The average molecular weight is 425 g/mol. The fraction of sp³-hybridized carbons (Fsp3) is 0.176. The Morgan fingerprint density at radius 1 is 1.00 bits per heavy atom. The summed E-state index contributed by atoms with van der Waals surface area (Å²) in [6.45, 7) is 4.42. The van der Waals surface area contributed by atoms with Crippen LogP contribution < -0.4 is 5.32 Å². The molecule has 0 saturated carbocycles. The highest BCUT2D eigenvalue weighted by Gasteiger charge is 2.16. The van der Waals surface area contributed by atoms with Crippen molar-refractivity contribution in [2.45, 2.75) is 19.9 Å². The molecule has 1 heterocycles. The number of benzene rings is 2. The van der Waals surface area contributed by atoms with Gasteiger partial charge in [0.15, 0.2) is 0 Å². The lowest BCUT2D eigenvalue weighted by atomic mass is 10.1. The normalized spacial score (nSPS) is 12.6. The molecule has 1 unspecified atom stereocenters. The minimum absolute atomic E-state index is 0.261. The third kappa shape index (κ3) is 2.89. The number of nitrogens with one attached hydrogen (secondary N) is 1. The molecule has 0 aliphatic heterocycles. The van der Waals surface area contributed by atoms with Gasteiger partial charge in [-0.05, 0) is 74.9 Å². The second-order valence-electron chi connectivity index (χ2n) is 5.05. The molecular formula is C17H15Br2NS. The van der Waals surface area contributed by atoms with E-state index < -0.39 is 0 Å². The number of thiophene rings is 1. The van der Waals surface area contributed by atoms with Gasteiger partial charge in [-0.25, -0.2) is 0 Å². The van der Waals surface area contributed by atoms with Crippen molar-refractivity contribution in [2.24, 2.45) is 0 Å². The molecule has 108 valence electrons. The second kappa shape index (κ2) is 6.11. The van der Waals surface area contributed by atoms with Crippen LogP contribution in [-0.2, 0) is 0 Å². The van der Waals surface area contributed by atoms with Crippen LogP contribution in [0.3, 0.4) is 0 Å². The Morgan fingerprint density at radius 2 is 1.67 bits per heavy atom. The van der Waals surface area contributed by atoms with Gasteiger partial charge in [0, 0.05) is 18.5 Å². The summed E-state index contributed by atoms with van der Waals surface area (Å²) in [7, 11) is 0. The maximum Gasteiger partial charge on any atom is 0.0633 e. The summed E-state index contributed by atoms with van der Waals surface area (Å²) < 4.78 is 3.50. The Labute approximate surface area is 145 Å². The summed E-state index contributed by atoms with van der Waals surface area (Å²) in [5.41, 5.74) is 2.47. The first kappa shape index (κ1) is 15.1. The van der Waals surface area contributed by atoms with Gasteiger partial charge in [-0.1, -0.05) is 24.3 Å². The van der Waals surface area contributed by atoms with Crippen LogP contribution in [0.2, 0.25) is 0 Å². The minimum Gasteiger partial charge on any atom is -0.376 e. The second-order valence-corrected chi connectivity index (χ2v) is 7.84. The van der Waals surface area contributed by atoms with E-state index in [1.54, 1.807) is 0 Å². The van der Waals surface area contributed by atoms with Crippen LogP contribution in [0, 0.1) is 6.92 Å². The molecule has 21 heavy (non-hydrogen) atoms. The molecule has 0 spiro atoms. The van der Waals surface area contributed by atoms with Crippen molar-refractivity contribution in [3.05, 3.63) is 61.9 Å². The summed E-state index contributed by atoms with van der Waals surface area (Å²) in [6, 6.07) is 15.0. The Hall–Kier alpha value is -0.840. The van der Waals surface area contributed by atoms with Crippen LogP contribution >= 0.6 is 43.2 Å². The average Bonchev–Trinajstić information content (AvgIpc) is 2.81. The SMILES string of the molecule is Cc1c(C(C)Nc2c(Br)cccc2Br)sc2ccccc12. The Bertz CT molecular complexity index is 774. The van der Waals surface area contributed by atoms with Gasteiger partial charge in [0.25, 0.3) is 0 Å². The first-order chi connectivity index (χ1) is 10.1. The number of hydrogen-bond donors (Lipinski definition) is 1. The van der Waals surface area contributed by atoms with Crippen LogP contribution in [0.25, 0.3) is 10.1 Å². The van der Waals surface area contributed by atoms with Crippen molar-refractivity contribution in [1.29, 1.82) is 0 Å². The molecule has 4 heteroatoms. The van der Waals surface area contributed by atoms with Crippen molar-refractivity contribution in [2.75, 3.05) is 5.32 Å². The number of anilines is 1. The van der Waals surface area contributed by atoms with Gasteiger partial charge in [-0.15, -0.1) is 11.3 Å². The van der Waals surface area contributed by atoms with E-state index in [2.05, 4.69) is 87.4 Å². The third-order valence-corrected chi connectivity index (χ3v) is 6.37. The molecule has 0 bridgehead atoms. The van der Waals surface area contributed by atoms with Gasteiger partial charge >= 0.3 is 0 Å². The van der Waals surface area contributed by atoms with Crippen LogP contribution in [-0.4, -0.2) is 0 Å². The largest absolute Gasteiger partial charge is 0.376 e. The Kier molecular flexibility index (Phi) is 4.38. The molecule has 0 amide bonds. The quantitative estimate of drug-likeness (QED) is 0.481. The number of aryl methyl sites for hydroxylation is 1. The van der Waals surface area contributed by atoms with E-state index >= 15 is 0 Å². The number of para-hydroxylation sites is 1. The maximum absolute atomic E-state index is 3.61. The van der Waals surface area contributed by atoms with Crippen LogP contribution in [0.1, 0.15) is 23.4 Å². The molecular weight excluding hydrogens is 410 g/mol. The van der Waals surface area contributed by atoms with E-state index in [4.69, 9.17) is 0 Å². The Balaban J connectivity index is 1.97. The van der Waals surface area contributed by atoms with E-state index in [0.29, 0.717) is 0 Å². The van der Waals surface area contributed by atoms with E-state index in [0.717, 1.165) is 14.6 Å². The molecule has 0 fully saturated rings. The topological polar surface area (TPSA) is 12.0 Å². The predicted molar refractivity (Wildman–Crippen MR) is 100 cm³/mol. The maximum atomic E-state index is 3.61. The third-order valence-electron chi connectivity index (χ3n) is 3.60. The molecule has 0 saturated heterocycles. The lowest BCUT2D eigenvalue weighted by molar-refractivity contribution is 0.898. The molecule has 3 aromatic rings. The van der Waals surface area contributed by atoms with Crippen LogP contribution in [0.15, 0.2) is 51.4 Å². The molecule has 0 aliphatic carbocycles. The van der Waals surface area contributed by atoms with Gasteiger partial charge in [0.2, 0.25) is 0 Å². The summed E-state index contributed by atoms with van der Waals surface area (Å²) in [4.78, 5) is 1.39. The molecule has 1 nitrogen and oxygen atoms in total. The monoisotopic (exact) mass is 423 g/mol. The number of halogens is 2. The van der Waals surface area contributed by atoms with Crippen LogP contribution in [0.5, 0.6) is 0 Å². The van der Waals surface area contributed by atoms with Gasteiger partial charge in [-0.3, -0.25) is 0 Å². The number of fused-ring (bicyclic) bond motifs is 1. The van der Waals surface area contributed by atoms with Crippen molar-refractivity contribution < 1.29 is 0 Å². The molecule has 1 aromatic heterocycles. The highest BCUT2D eigenvalue weighted by Crippen LogP contribution is 2.38. The van der Waals surface area contributed by atoms with E-state index in [1.165, 1.54) is 20.5 Å².